The Hall–Kier alpha value is -3.92. The zero-order valence-electron chi connectivity index (χ0n) is 22.5. The topological polar surface area (TPSA) is 141 Å². The third kappa shape index (κ3) is 3.24. The molecule has 0 spiro atoms. The summed E-state index contributed by atoms with van der Waals surface area (Å²) in [4.78, 5) is 30.3. The van der Waals surface area contributed by atoms with Gasteiger partial charge >= 0.3 is 0 Å². The van der Waals surface area contributed by atoms with Gasteiger partial charge in [-0.2, -0.15) is 5.10 Å². The van der Waals surface area contributed by atoms with Gasteiger partial charge in [0.2, 0.25) is 5.13 Å². The van der Waals surface area contributed by atoms with Crippen molar-refractivity contribution in [3.63, 3.8) is 0 Å². The molecule has 4 aliphatic carbocycles. The number of ketones is 2. The largest absolute Gasteiger partial charge is 0.507 e. The van der Waals surface area contributed by atoms with E-state index in [1.807, 2.05) is 0 Å². The minimum atomic E-state index is -1.57. The molecule has 0 radical (unpaired) electrons. The van der Waals surface area contributed by atoms with Gasteiger partial charge in [-0.3, -0.25) is 15.0 Å². The number of thiazole rings is 1. The third-order valence-electron chi connectivity index (χ3n) is 8.99. The lowest BCUT2D eigenvalue weighted by Gasteiger charge is -2.56. The number of aliphatic hydroxyl groups is 1. The molecule has 0 amide bonds. The van der Waals surface area contributed by atoms with E-state index < -0.39 is 22.7 Å². The molecule has 2 aromatic rings. The molecule has 39 heavy (non-hydrogen) atoms. The van der Waals surface area contributed by atoms with Gasteiger partial charge in [0, 0.05) is 22.9 Å². The number of carbonyl (C=O) groups excluding carboxylic acids is 2. The molecule has 1 aliphatic heterocycles. The second-order valence-electron chi connectivity index (χ2n) is 11.5. The lowest BCUT2D eigenvalue weighted by atomic mass is 9.48. The van der Waals surface area contributed by atoms with Crippen molar-refractivity contribution >= 4 is 33.7 Å². The van der Waals surface area contributed by atoms with Crippen LogP contribution in [0.15, 0.2) is 45.3 Å². The normalized spacial score (nSPS) is 27.3. The maximum atomic E-state index is 13.5. The maximum Gasteiger partial charge on any atom is 0.203 e. The lowest BCUT2D eigenvalue weighted by molar-refractivity contribution is -0.123. The summed E-state index contributed by atoms with van der Waals surface area (Å²) >= 11 is 1.29. The first-order valence-electron chi connectivity index (χ1n) is 12.7. The first kappa shape index (κ1) is 25.4. The van der Waals surface area contributed by atoms with Crippen molar-refractivity contribution < 1.29 is 29.6 Å². The summed E-state index contributed by atoms with van der Waals surface area (Å²) in [6, 6.07) is 0. The SMILES string of the molecule is CC(=O)C1=C(O)C=C2Oc3c(-c4csc(NN=C5C=C(C)[C@H]6C[C@@H]5C6(C)C)n4)c(O)c(C)c(O)c3[C@@]2(C)C1=O. The number of carbonyl (C=O) groups is 2. The van der Waals surface area contributed by atoms with Crippen LogP contribution >= 0.6 is 11.3 Å². The highest BCUT2D eigenvalue weighted by Gasteiger charge is 2.56. The van der Waals surface area contributed by atoms with Gasteiger partial charge in [0.1, 0.15) is 39.8 Å². The molecule has 202 valence electrons. The predicted octanol–water partition coefficient (Wildman–Crippen LogP) is 5.44. The van der Waals surface area contributed by atoms with Gasteiger partial charge in [-0.1, -0.05) is 19.4 Å². The number of ether oxygens (including phenoxy) is 1. The molecule has 4 N–H and O–H groups in total. The monoisotopic (exact) mass is 547 g/mol. The number of anilines is 1. The zero-order chi connectivity index (χ0) is 28.2. The number of hydrogen-bond donors (Lipinski definition) is 4. The Labute approximate surface area is 229 Å². The van der Waals surface area contributed by atoms with Gasteiger partial charge in [-0.25, -0.2) is 4.98 Å². The molecule has 1 aromatic carbocycles. The minimum Gasteiger partial charge on any atom is -0.507 e. The second kappa shape index (κ2) is 8.05. The fraction of sp³-hybridized carbons (Fsp3) is 0.379. The molecule has 5 aliphatic rings. The van der Waals surface area contributed by atoms with Crippen LogP contribution in [0.25, 0.3) is 11.3 Å². The average molecular weight is 548 g/mol. The van der Waals surface area contributed by atoms with E-state index in [0.717, 1.165) is 12.1 Å². The number of fused-ring (bicyclic) bond motifs is 4. The number of nitrogens with zero attached hydrogens (tertiary/aromatic N) is 2. The Morgan fingerprint density at radius 1 is 1.15 bits per heavy atom. The molecule has 0 saturated heterocycles. The number of phenolic OH excluding ortho intramolecular Hbond substituents is 2. The van der Waals surface area contributed by atoms with Crippen LogP contribution < -0.4 is 10.2 Å². The molecule has 10 heteroatoms. The van der Waals surface area contributed by atoms with Crippen LogP contribution in [-0.2, 0) is 15.0 Å². The average Bonchev–Trinajstić information content (AvgIpc) is 3.44. The van der Waals surface area contributed by atoms with Gasteiger partial charge in [-0.15, -0.1) is 11.3 Å². The highest BCUT2D eigenvalue weighted by molar-refractivity contribution is 7.14. The highest BCUT2D eigenvalue weighted by atomic mass is 32.1. The summed E-state index contributed by atoms with van der Waals surface area (Å²) in [6.45, 7) is 10.9. The summed E-state index contributed by atoms with van der Waals surface area (Å²) in [5.74, 6) is -1.30. The van der Waals surface area contributed by atoms with Crippen LogP contribution in [0.3, 0.4) is 0 Å². The number of aromatic hydroxyl groups is 2. The fourth-order valence-electron chi connectivity index (χ4n) is 6.57. The maximum absolute atomic E-state index is 13.5. The minimum absolute atomic E-state index is 0.0477. The van der Waals surface area contributed by atoms with E-state index in [9.17, 15) is 24.9 Å². The molecular weight excluding hydrogens is 518 g/mol. The fourth-order valence-corrected chi connectivity index (χ4v) is 7.21. The third-order valence-corrected chi connectivity index (χ3v) is 9.74. The van der Waals surface area contributed by atoms with Gasteiger partial charge in [0.25, 0.3) is 0 Å². The molecule has 1 saturated carbocycles. The number of hydrazone groups is 1. The molecule has 1 fully saturated rings. The molecule has 3 atom stereocenters. The Kier molecular flexibility index (Phi) is 5.23. The summed E-state index contributed by atoms with van der Waals surface area (Å²) in [6.07, 6.45) is 4.43. The molecule has 9 nitrogen and oxygen atoms in total. The molecular formula is C29H29N3O6S. The lowest BCUT2D eigenvalue weighted by Crippen LogP contribution is -2.52. The van der Waals surface area contributed by atoms with Gasteiger partial charge < -0.3 is 20.1 Å². The first-order chi connectivity index (χ1) is 18.3. The van der Waals surface area contributed by atoms with Crippen LogP contribution in [0.5, 0.6) is 17.2 Å². The Balaban J connectivity index is 1.41. The number of allylic oxidation sites excluding steroid dienone is 5. The highest BCUT2D eigenvalue weighted by Crippen LogP contribution is 2.60. The van der Waals surface area contributed by atoms with Crippen molar-refractivity contribution in [3.05, 3.63) is 51.3 Å². The Morgan fingerprint density at radius 3 is 2.51 bits per heavy atom. The van der Waals surface area contributed by atoms with E-state index in [1.54, 1.807) is 5.38 Å². The standard InChI is InChI=1S/C29H29N3O6S/c1-11-7-16(15-8-14(11)28(15,4)5)31-32-27-30-17(10-39-27)21-23(35)12(2)24(36)22-25(21)38-19-9-18(34)20(13(3)33)26(37)29(19,22)6/h7,9-10,14-15,34-36H,8H2,1-6H3,(H,30,32)/t14-,15+,29+/m1/s1. The molecule has 2 bridgehead atoms. The number of benzene rings is 1. The van der Waals surface area contributed by atoms with Gasteiger partial charge in [-0.05, 0) is 51.5 Å². The predicted molar refractivity (Wildman–Crippen MR) is 147 cm³/mol. The first-order valence-corrected chi connectivity index (χ1v) is 13.6. The quantitative estimate of drug-likeness (QED) is 0.293. The van der Waals surface area contributed by atoms with Crippen molar-refractivity contribution in [2.45, 2.75) is 53.4 Å². The summed E-state index contributed by atoms with van der Waals surface area (Å²) in [5.41, 5.74) is 4.41. The number of rotatable bonds is 4. The van der Waals surface area contributed by atoms with Crippen molar-refractivity contribution in [1.82, 2.24) is 4.98 Å². The van der Waals surface area contributed by atoms with E-state index in [-0.39, 0.29) is 50.7 Å². The van der Waals surface area contributed by atoms with Crippen molar-refractivity contribution in [1.29, 1.82) is 0 Å². The van der Waals surface area contributed by atoms with Crippen molar-refractivity contribution in [2.24, 2.45) is 22.4 Å². The molecule has 7 rings (SSSR count). The van der Waals surface area contributed by atoms with Crippen LogP contribution in [0.2, 0.25) is 0 Å². The smallest absolute Gasteiger partial charge is 0.203 e. The van der Waals surface area contributed by atoms with Crippen molar-refractivity contribution in [3.8, 4) is 28.5 Å². The van der Waals surface area contributed by atoms with Crippen LogP contribution in [-0.4, -0.2) is 37.6 Å². The van der Waals surface area contributed by atoms with E-state index in [1.165, 1.54) is 43.8 Å². The number of hydrogen-bond acceptors (Lipinski definition) is 10. The number of aromatic nitrogens is 1. The van der Waals surface area contributed by atoms with Gasteiger partial charge in [0.15, 0.2) is 11.6 Å². The molecule has 2 heterocycles. The van der Waals surface area contributed by atoms with Crippen LogP contribution in [0.1, 0.15) is 52.2 Å². The number of nitrogens with one attached hydrogen (secondary N) is 1. The number of aliphatic hydroxyl groups excluding tert-OH is 1. The second-order valence-corrected chi connectivity index (χ2v) is 12.4. The van der Waals surface area contributed by atoms with Crippen LogP contribution in [0, 0.1) is 24.2 Å². The number of Topliss-reactive ketones (excluding diaryl/α,β-unsaturated/α-hetero) is 2. The number of phenols is 2. The Morgan fingerprint density at radius 2 is 1.87 bits per heavy atom. The van der Waals surface area contributed by atoms with E-state index in [2.05, 4.69) is 42.4 Å². The van der Waals surface area contributed by atoms with E-state index in [4.69, 9.17) is 4.74 Å². The van der Waals surface area contributed by atoms with Gasteiger partial charge in [0.05, 0.1) is 22.5 Å². The van der Waals surface area contributed by atoms with Crippen LogP contribution in [0.4, 0.5) is 5.13 Å². The van der Waals surface area contributed by atoms with Crippen molar-refractivity contribution in [2.75, 3.05) is 5.43 Å². The van der Waals surface area contributed by atoms with E-state index >= 15 is 0 Å². The Bertz CT molecular complexity index is 1640. The summed E-state index contributed by atoms with van der Waals surface area (Å²) in [7, 11) is 0. The van der Waals surface area contributed by atoms with E-state index in [0.29, 0.717) is 22.7 Å². The molecule has 0 unspecified atom stereocenters. The summed E-state index contributed by atoms with van der Waals surface area (Å²) < 4.78 is 6.03. The molecule has 1 aromatic heterocycles. The zero-order valence-corrected chi connectivity index (χ0v) is 23.3. The summed E-state index contributed by atoms with van der Waals surface area (Å²) in [5, 5.41) is 39.4.